The van der Waals surface area contributed by atoms with Crippen LogP contribution < -0.4 is 10.2 Å². The first-order valence-electron chi connectivity index (χ1n) is 7.34. The van der Waals surface area contributed by atoms with E-state index in [1.807, 2.05) is 24.3 Å². The predicted octanol–water partition coefficient (Wildman–Crippen LogP) is 5.55. The lowest BCUT2D eigenvalue weighted by Gasteiger charge is -2.21. The SMILES string of the molecule is O=C(Nc1ccccc1N1CCCC1)c1nc(Cl)c(Cl)c(Cl)c1Cl. The van der Waals surface area contributed by atoms with Gasteiger partial charge in [0.2, 0.25) is 0 Å². The van der Waals surface area contributed by atoms with Crippen LogP contribution in [0, 0.1) is 0 Å². The van der Waals surface area contributed by atoms with Crippen LogP contribution in [0.2, 0.25) is 20.2 Å². The van der Waals surface area contributed by atoms with E-state index < -0.39 is 5.91 Å². The number of carbonyl (C=O) groups is 1. The normalized spacial score (nSPS) is 14.1. The first kappa shape index (κ1) is 17.6. The Morgan fingerprint density at radius 1 is 1.00 bits per heavy atom. The molecule has 0 aliphatic carbocycles. The van der Waals surface area contributed by atoms with Gasteiger partial charge in [0.1, 0.15) is 10.8 Å². The summed E-state index contributed by atoms with van der Waals surface area (Å²) in [5.41, 5.74) is 1.59. The van der Waals surface area contributed by atoms with Crippen molar-refractivity contribution in [3.63, 3.8) is 0 Å². The van der Waals surface area contributed by atoms with E-state index in [0.29, 0.717) is 5.69 Å². The first-order valence-corrected chi connectivity index (χ1v) is 8.85. The standard InChI is InChI=1S/C16H13Cl4N3O/c17-11-12(18)14(22-15(20)13(11)19)16(24)21-9-5-1-2-6-10(9)23-7-3-4-8-23/h1-2,5-6H,3-4,7-8H2,(H,21,24). The summed E-state index contributed by atoms with van der Waals surface area (Å²) in [5, 5.41) is 2.77. The van der Waals surface area contributed by atoms with Gasteiger partial charge in [-0.1, -0.05) is 58.5 Å². The average molecular weight is 405 g/mol. The number of carbonyl (C=O) groups excluding carboxylic acids is 1. The number of hydrogen-bond donors (Lipinski definition) is 1. The molecule has 0 bridgehead atoms. The van der Waals surface area contributed by atoms with Crippen LogP contribution in [0.3, 0.4) is 0 Å². The fraction of sp³-hybridized carbons (Fsp3) is 0.250. The maximum atomic E-state index is 12.6. The molecule has 24 heavy (non-hydrogen) atoms. The number of rotatable bonds is 3. The van der Waals surface area contributed by atoms with Crippen molar-refractivity contribution in [1.82, 2.24) is 4.98 Å². The molecule has 1 fully saturated rings. The average Bonchev–Trinajstić information content (AvgIpc) is 3.11. The summed E-state index contributed by atoms with van der Waals surface area (Å²) in [6.07, 6.45) is 2.27. The third-order valence-corrected chi connectivity index (χ3v) is 5.48. The summed E-state index contributed by atoms with van der Waals surface area (Å²) in [6.45, 7) is 1.93. The molecule has 8 heteroatoms. The van der Waals surface area contributed by atoms with E-state index >= 15 is 0 Å². The summed E-state index contributed by atoms with van der Waals surface area (Å²) in [4.78, 5) is 18.8. The largest absolute Gasteiger partial charge is 0.370 e. The Hall–Kier alpha value is -1.20. The lowest BCUT2D eigenvalue weighted by atomic mass is 10.2. The van der Waals surface area contributed by atoms with Gasteiger partial charge in [-0.05, 0) is 25.0 Å². The molecule has 1 aliphatic rings. The van der Waals surface area contributed by atoms with E-state index in [9.17, 15) is 4.79 Å². The summed E-state index contributed by atoms with van der Waals surface area (Å²) < 4.78 is 0. The van der Waals surface area contributed by atoms with Crippen molar-refractivity contribution < 1.29 is 4.79 Å². The highest BCUT2D eigenvalue weighted by molar-refractivity contribution is 6.52. The molecule has 4 nitrogen and oxygen atoms in total. The number of nitrogens with one attached hydrogen (secondary N) is 1. The van der Waals surface area contributed by atoms with Crippen LogP contribution in [-0.2, 0) is 0 Å². The molecular weight excluding hydrogens is 392 g/mol. The first-order chi connectivity index (χ1) is 11.5. The number of halogens is 4. The molecule has 2 heterocycles. The predicted molar refractivity (Wildman–Crippen MR) is 100 cm³/mol. The van der Waals surface area contributed by atoms with Gasteiger partial charge < -0.3 is 10.2 Å². The second-order valence-corrected chi connectivity index (χ2v) is 6.85. The van der Waals surface area contributed by atoms with Crippen LogP contribution in [0.4, 0.5) is 11.4 Å². The van der Waals surface area contributed by atoms with Gasteiger partial charge in [0.15, 0.2) is 0 Å². The van der Waals surface area contributed by atoms with Crippen molar-refractivity contribution in [3.8, 4) is 0 Å². The topological polar surface area (TPSA) is 45.2 Å². The minimum absolute atomic E-state index is 0.0105. The van der Waals surface area contributed by atoms with E-state index in [1.54, 1.807) is 0 Å². The number of anilines is 2. The lowest BCUT2D eigenvalue weighted by molar-refractivity contribution is 0.102. The van der Waals surface area contributed by atoms with Crippen LogP contribution in [-0.4, -0.2) is 24.0 Å². The second kappa shape index (κ2) is 7.36. The van der Waals surface area contributed by atoms with Gasteiger partial charge in [-0.3, -0.25) is 4.79 Å². The highest BCUT2D eigenvalue weighted by Crippen LogP contribution is 2.37. The molecule has 1 amide bonds. The van der Waals surface area contributed by atoms with Gasteiger partial charge in [0, 0.05) is 13.1 Å². The molecule has 0 atom stereocenters. The van der Waals surface area contributed by atoms with E-state index in [0.717, 1.165) is 31.6 Å². The van der Waals surface area contributed by atoms with Gasteiger partial charge in [-0.2, -0.15) is 0 Å². The number of para-hydroxylation sites is 2. The molecule has 0 unspecified atom stereocenters. The number of benzene rings is 1. The Morgan fingerprint density at radius 3 is 2.38 bits per heavy atom. The molecule has 1 aromatic heterocycles. The zero-order valence-electron chi connectivity index (χ0n) is 12.5. The summed E-state index contributed by atoms with van der Waals surface area (Å²) in [6, 6.07) is 7.59. The molecule has 1 aromatic carbocycles. The number of hydrogen-bond acceptors (Lipinski definition) is 3. The maximum Gasteiger partial charge on any atom is 0.275 e. The van der Waals surface area contributed by atoms with Crippen molar-refractivity contribution >= 4 is 63.7 Å². The summed E-state index contributed by atoms with van der Waals surface area (Å²) >= 11 is 23.9. The van der Waals surface area contributed by atoms with Crippen LogP contribution in [0.25, 0.3) is 0 Å². The van der Waals surface area contributed by atoms with E-state index in [-0.39, 0.29) is 25.9 Å². The third-order valence-electron chi connectivity index (χ3n) is 3.80. The van der Waals surface area contributed by atoms with Gasteiger partial charge >= 0.3 is 0 Å². The third kappa shape index (κ3) is 3.42. The minimum Gasteiger partial charge on any atom is -0.370 e. The molecule has 0 saturated carbocycles. The molecule has 0 radical (unpaired) electrons. The second-order valence-electron chi connectivity index (χ2n) is 5.36. The maximum absolute atomic E-state index is 12.6. The molecular formula is C16H13Cl4N3O. The van der Waals surface area contributed by atoms with Gasteiger partial charge in [-0.25, -0.2) is 4.98 Å². The van der Waals surface area contributed by atoms with Gasteiger partial charge in [0.05, 0.1) is 26.4 Å². The minimum atomic E-state index is -0.493. The molecule has 126 valence electrons. The Labute approximate surface area is 159 Å². The number of aromatic nitrogens is 1. The van der Waals surface area contributed by atoms with Crippen LogP contribution >= 0.6 is 46.4 Å². The Kier molecular flexibility index (Phi) is 5.40. The molecule has 1 aliphatic heterocycles. The fourth-order valence-corrected chi connectivity index (χ4v) is 3.45. The monoisotopic (exact) mass is 403 g/mol. The fourth-order valence-electron chi connectivity index (χ4n) is 2.63. The number of amides is 1. The smallest absolute Gasteiger partial charge is 0.275 e. The zero-order chi connectivity index (χ0) is 17.3. The van der Waals surface area contributed by atoms with E-state index in [2.05, 4.69) is 15.2 Å². The highest BCUT2D eigenvalue weighted by atomic mass is 35.5. The zero-order valence-corrected chi connectivity index (χ0v) is 15.5. The Bertz CT molecular complexity index is 791. The molecule has 0 spiro atoms. The number of nitrogens with zero attached hydrogens (tertiary/aromatic N) is 2. The van der Waals surface area contributed by atoms with Crippen LogP contribution in [0.15, 0.2) is 24.3 Å². The summed E-state index contributed by atoms with van der Waals surface area (Å²) in [7, 11) is 0. The molecule has 3 rings (SSSR count). The van der Waals surface area contributed by atoms with Crippen molar-refractivity contribution in [2.45, 2.75) is 12.8 Å². The van der Waals surface area contributed by atoms with Crippen molar-refractivity contribution in [1.29, 1.82) is 0 Å². The quantitative estimate of drug-likeness (QED) is 0.682. The highest BCUT2D eigenvalue weighted by Gasteiger charge is 2.22. The van der Waals surface area contributed by atoms with Crippen LogP contribution in [0.1, 0.15) is 23.3 Å². The van der Waals surface area contributed by atoms with Gasteiger partial charge in [-0.15, -0.1) is 0 Å². The van der Waals surface area contributed by atoms with Gasteiger partial charge in [0.25, 0.3) is 5.91 Å². The molecule has 1 N–H and O–H groups in total. The lowest BCUT2D eigenvalue weighted by Crippen LogP contribution is -2.21. The summed E-state index contributed by atoms with van der Waals surface area (Å²) in [5.74, 6) is -0.493. The molecule has 1 saturated heterocycles. The van der Waals surface area contributed by atoms with Crippen LogP contribution in [0.5, 0.6) is 0 Å². The van der Waals surface area contributed by atoms with E-state index in [1.165, 1.54) is 0 Å². The number of pyridine rings is 1. The molecule has 2 aromatic rings. The van der Waals surface area contributed by atoms with Crippen molar-refractivity contribution in [2.24, 2.45) is 0 Å². The van der Waals surface area contributed by atoms with Crippen molar-refractivity contribution in [3.05, 3.63) is 50.2 Å². The Morgan fingerprint density at radius 2 is 1.67 bits per heavy atom. The Balaban J connectivity index is 1.91. The van der Waals surface area contributed by atoms with E-state index in [4.69, 9.17) is 46.4 Å². The van der Waals surface area contributed by atoms with Crippen molar-refractivity contribution in [2.75, 3.05) is 23.3 Å².